The van der Waals surface area contributed by atoms with Gasteiger partial charge in [0.05, 0.1) is 17.8 Å². The second-order valence-corrected chi connectivity index (χ2v) is 7.94. The van der Waals surface area contributed by atoms with E-state index in [0.29, 0.717) is 37.4 Å². The minimum atomic E-state index is -0.354. The molecule has 5 rings (SSSR count). The summed E-state index contributed by atoms with van der Waals surface area (Å²) in [5, 5.41) is 8.00. The highest BCUT2D eigenvalue weighted by Gasteiger charge is 2.25. The number of fused-ring (bicyclic) bond motifs is 1. The van der Waals surface area contributed by atoms with Gasteiger partial charge in [0, 0.05) is 44.5 Å². The molecule has 0 saturated carbocycles. The van der Waals surface area contributed by atoms with Gasteiger partial charge in [0.15, 0.2) is 11.4 Å². The van der Waals surface area contributed by atoms with Gasteiger partial charge in [-0.2, -0.15) is 5.10 Å². The van der Waals surface area contributed by atoms with E-state index in [1.165, 1.54) is 6.26 Å². The zero-order chi connectivity index (χ0) is 22.9. The van der Waals surface area contributed by atoms with Gasteiger partial charge in [0.2, 0.25) is 0 Å². The summed E-state index contributed by atoms with van der Waals surface area (Å²) < 4.78 is 6.87. The lowest BCUT2D eigenvalue weighted by molar-refractivity contribution is 0.0746. The maximum atomic E-state index is 13.2. The molecule has 1 aromatic carbocycles. The molecule has 4 aromatic rings. The maximum absolute atomic E-state index is 13.2. The van der Waals surface area contributed by atoms with Gasteiger partial charge >= 0.3 is 0 Å². The van der Waals surface area contributed by atoms with Crippen LogP contribution < -0.4 is 10.2 Å². The second-order valence-electron chi connectivity index (χ2n) is 7.94. The van der Waals surface area contributed by atoms with E-state index >= 15 is 0 Å². The molecule has 168 valence electrons. The van der Waals surface area contributed by atoms with E-state index < -0.39 is 0 Å². The van der Waals surface area contributed by atoms with Crippen LogP contribution in [0.1, 0.15) is 26.5 Å². The highest BCUT2D eigenvalue weighted by atomic mass is 16.3. The van der Waals surface area contributed by atoms with E-state index in [-0.39, 0.29) is 17.6 Å². The highest BCUT2D eigenvalue weighted by Crippen LogP contribution is 2.24. The number of carbonyl (C=O) groups excluding carboxylic acids is 2. The van der Waals surface area contributed by atoms with E-state index in [9.17, 15) is 9.59 Å². The molecule has 0 bridgehead atoms. The fourth-order valence-corrected chi connectivity index (χ4v) is 3.99. The monoisotopic (exact) mass is 445 g/mol. The molecule has 1 saturated heterocycles. The summed E-state index contributed by atoms with van der Waals surface area (Å²) in [4.78, 5) is 38.2. The van der Waals surface area contributed by atoms with Crippen LogP contribution in [0, 0.1) is 6.92 Å². The summed E-state index contributed by atoms with van der Waals surface area (Å²) in [6.07, 6.45) is 4.76. The number of anilines is 2. The van der Waals surface area contributed by atoms with Gasteiger partial charge in [0.25, 0.3) is 11.8 Å². The average Bonchev–Trinajstić information content (AvgIpc) is 3.51. The molecule has 10 heteroatoms. The number of aryl methyl sites for hydroxylation is 2. The number of benzene rings is 1. The van der Waals surface area contributed by atoms with Crippen molar-refractivity contribution in [1.29, 1.82) is 0 Å². The van der Waals surface area contributed by atoms with Gasteiger partial charge in [0.1, 0.15) is 12.1 Å². The number of nitrogens with zero attached hydrogens (tertiary/aromatic N) is 6. The molecule has 33 heavy (non-hydrogen) atoms. The van der Waals surface area contributed by atoms with E-state index in [1.54, 1.807) is 41.5 Å². The largest absolute Gasteiger partial charge is 0.459 e. The normalized spacial score (nSPS) is 14.0. The Bertz CT molecular complexity index is 1320. The van der Waals surface area contributed by atoms with Crippen molar-refractivity contribution in [2.75, 3.05) is 36.4 Å². The zero-order valence-electron chi connectivity index (χ0n) is 18.4. The lowest BCUT2D eigenvalue weighted by atomic mass is 10.1. The molecule has 0 spiro atoms. The number of carbonyl (C=O) groups is 2. The van der Waals surface area contributed by atoms with Crippen molar-refractivity contribution in [3.05, 3.63) is 66.0 Å². The van der Waals surface area contributed by atoms with Crippen LogP contribution in [0.3, 0.4) is 0 Å². The van der Waals surface area contributed by atoms with Crippen LogP contribution in [0.4, 0.5) is 11.5 Å². The van der Waals surface area contributed by atoms with Crippen molar-refractivity contribution in [2.45, 2.75) is 6.92 Å². The number of aromatic nitrogens is 4. The molecule has 0 atom stereocenters. The number of nitrogens with one attached hydrogen (secondary N) is 1. The SMILES string of the molecule is Cc1ccc(C(=O)N2CCN(c3ncnc4c3cnn4C)CC2)cc1NC(=O)c1ccco1. The number of hydrogen-bond donors (Lipinski definition) is 1. The van der Waals surface area contributed by atoms with Crippen LogP contribution in [-0.4, -0.2) is 62.6 Å². The lowest BCUT2D eigenvalue weighted by Crippen LogP contribution is -2.49. The average molecular weight is 445 g/mol. The lowest BCUT2D eigenvalue weighted by Gasteiger charge is -2.35. The van der Waals surface area contributed by atoms with Crippen LogP contribution in [0.15, 0.2) is 53.5 Å². The summed E-state index contributed by atoms with van der Waals surface area (Å²) >= 11 is 0. The summed E-state index contributed by atoms with van der Waals surface area (Å²) in [5.41, 5.74) is 2.75. The predicted molar refractivity (Wildman–Crippen MR) is 122 cm³/mol. The third-order valence-corrected chi connectivity index (χ3v) is 5.85. The van der Waals surface area contributed by atoms with E-state index in [1.807, 2.05) is 24.9 Å². The Labute approximate surface area is 189 Å². The number of amides is 2. The van der Waals surface area contributed by atoms with Crippen LogP contribution in [0.25, 0.3) is 11.0 Å². The van der Waals surface area contributed by atoms with Crippen molar-refractivity contribution in [2.24, 2.45) is 7.05 Å². The van der Waals surface area contributed by atoms with Crippen LogP contribution in [0.5, 0.6) is 0 Å². The second kappa shape index (κ2) is 8.38. The molecule has 10 nitrogen and oxygen atoms in total. The van der Waals surface area contributed by atoms with Gasteiger partial charge in [-0.15, -0.1) is 0 Å². The van der Waals surface area contributed by atoms with Crippen LogP contribution in [0.2, 0.25) is 0 Å². The predicted octanol–water partition coefficient (Wildman–Crippen LogP) is 2.48. The Hall–Kier alpha value is -4.21. The quantitative estimate of drug-likeness (QED) is 0.514. The Kier molecular flexibility index (Phi) is 5.25. The molecule has 1 N–H and O–H groups in total. The number of rotatable bonds is 4. The van der Waals surface area contributed by atoms with E-state index in [4.69, 9.17) is 4.42 Å². The maximum Gasteiger partial charge on any atom is 0.291 e. The molecular formula is C23H23N7O3. The standard InChI is InChI=1S/C23H23N7O3/c1-15-5-6-16(12-18(15)27-22(31)19-4-3-11-33-19)23(32)30-9-7-29(8-10-30)21-17-13-26-28(2)20(17)24-14-25-21/h3-6,11-14H,7-10H2,1-2H3,(H,27,31). The van der Waals surface area contributed by atoms with Crippen LogP contribution in [-0.2, 0) is 7.05 Å². The number of piperazine rings is 1. The summed E-state index contributed by atoms with van der Waals surface area (Å²) in [7, 11) is 1.85. The molecule has 4 heterocycles. The first-order chi connectivity index (χ1) is 16.0. The minimum Gasteiger partial charge on any atom is -0.459 e. The third kappa shape index (κ3) is 3.91. The summed E-state index contributed by atoms with van der Waals surface area (Å²) in [5.74, 6) is 0.624. The van der Waals surface area contributed by atoms with Crippen LogP contribution >= 0.6 is 0 Å². The van der Waals surface area contributed by atoms with Gasteiger partial charge in [-0.05, 0) is 36.8 Å². The number of hydrogen-bond acceptors (Lipinski definition) is 7. The van der Waals surface area contributed by atoms with Crippen molar-refractivity contribution < 1.29 is 14.0 Å². The first-order valence-electron chi connectivity index (χ1n) is 10.6. The summed E-state index contributed by atoms with van der Waals surface area (Å²) in [6, 6.07) is 8.59. The number of furan rings is 1. The molecule has 1 aliphatic rings. The topological polar surface area (TPSA) is 109 Å². The Morgan fingerprint density at radius 3 is 2.67 bits per heavy atom. The zero-order valence-corrected chi connectivity index (χ0v) is 18.4. The van der Waals surface area contributed by atoms with Gasteiger partial charge in [-0.1, -0.05) is 6.07 Å². The molecule has 0 radical (unpaired) electrons. The van der Waals surface area contributed by atoms with Crippen molar-refractivity contribution in [1.82, 2.24) is 24.6 Å². The minimum absolute atomic E-state index is 0.0719. The first-order valence-corrected chi connectivity index (χ1v) is 10.6. The van der Waals surface area contributed by atoms with Gasteiger partial charge in [-0.25, -0.2) is 9.97 Å². The van der Waals surface area contributed by atoms with Gasteiger partial charge in [-0.3, -0.25) is 14.3 Å². The molecule has 3 aromatic heterocycles. The Balaban J connectivity index is 1.28. The van der Waals surface area contributed by atoms with Crippen molar-refractivity contribution >= 4 is 34.4 Å². The third-order valence-electron chi connectivity index (χ3n) is 5.85. The van der Waals surface area contributed by atoms with Crippen molar-refractivity contribution in [3.8, 4) is 0 Å². The molecule has 0 aliphatic carbocycles. The molecular weight excluding hydrogens is 422 g/mol. The fourth-order valence-electron chi connectivity index (χ4n) is 3.99. The first kappa shape index (κ1) is 20.7. The molecule has 1 aliphatic heterocycles. The van der Waals surface area contributed by atoms with E-state index in [0.717, 1.165) is 22.4 Å². The van der Waals surface area contributed by atoms with Crippen molar-refractivity contribution in [3.63, 3.8) is 0 Å². The molecule has 0 unspecified atom stereocenters. The molecule has 1 fully saturated rings. The smallest absolute Gasteiger partial charge is 0.291 e. The molecule has 2 amide bonds. The van der Waals surface area contributed by atoms with Gasteiger partial charge < -0.3 is 19.5 Å². The highest BCUT2D eigenvalue weighted by molar-refractivity contribution is 6.04. The Morgan fingerprint density at radius 2 is 1.91 bits per heavy atom. The Morgan fingerprint density at radius 1 is 1.09 bits per heavy atom. The fraction of sp³-hybridized carbons (Fsp3) is 0.261. The van der Waals surface area contributed by atoms with E-state index in [2.05, 4.69) is 25.3 Å². The summed E-state index contributed by atoms with van der Waals surface area (Å²) in [6.45, 7) is 4.31.